The van der Waals surface area contributed by atoms with Gasteiger partial charge in [0.25, 0.3) is 0 Å². The van der Waals surface area contributed by atoms with E-state index >= 15 is 0 Å². The molecule has 23 heavy (non-hydrogen) atoms. The van der Waals surface area contributed by atoms with E-state index in [0.29, 0.717) is 18.7 Å². The predicted molar refractivity (Wildman–Crippen MR) is 91.4 cm³/mol. The number of amides is 1. The Morgan fingerprint density at radius 2 is 1.91 bits per heavy atom. The lowest BCUT2D eigenvalue weighted by molar-refractivity contribution is -0.120. The zero-order valence-electron chi connectivity index (χ0n) is 13.0. The SMILES string of the molecule is COc1ccccc1CCNC(=O)CCSc1ccc(F)cc1. The van der Waals surface area contributed by atoms with Crippen LogP contribution >= 0.6 is 11.8 Å². The van der Waals surface area contributed by atoms with Crippen molar-refractivity contribution in [2.75, 3.05) is 19.4 Å². The number of nitrogens with one attached hydrogen (secondary N) is 1. The molecule has 0 fully saturated rings. The van der Waals surface area contributed by atoms with Crippen LogP contribution in [0.3, 0.4) is 0 Å². The molecule has 0 saturated carbocycles. The first-order valence-corrected chi connectivity index (χ1v) is 8.44. The molecule has 0 aliphatic heterocycles. The molecule has 0 aliphatic carbocycles. The van der Waals surface area contributed by atoms with Gasteiger partial charge in [0.1, 0.15) is 11.6 Å². The molecular weight excluding hydrogens is 313 g/mol. The second kappa shape index (κ2) is 9.20. The van der Waals surface area contributed by atoms with Crippen LogP contribution in [0, 0.1) is 5.82 Å². The van der Waals surface area contributed by atoms with Crippen LogP contribution in [-0.4, -0.2) is 25.3 Å². The fourth-order valence-electron chi connectivity index (χ4n) is 2.13. The normalized spacial score (nSPS) is 10.3. The summed E-state index contributed by atoms with van der Waals surface area (Å²) in [5.74, 6) is 1.29. The van der Waals surface area contributed by atoms with Crippen LogP contribution in [-0.2, 0) is 11.2 Å². The van der Waals surface area contributed by atoms with Crippen LogP contribution in [0.15, 0.2) is 53.4 Å². The van der Waals surface area contributed by atoms with E-state index in [1.54, 1.807) is 31.0 Å². The molecule has 2 aromatic carbocycles. The number of halogens is 1. The van der Waals surface area contributed by atoms with Crippen LogP contribution in [0.2, 0.25) is 0 Å². The third kappa shape index (κ3) is 5.94. The minimum absolute atomic E-state index is 0.0227. The first-order valence-electron chi connectivity index (χ1n) is 7.46. The van der Waals surface area contributed by atoms with Crippen molar-refractivity contribution in [1.29, 1.82) is 0 Å². The van der Waals surface area contributed by atoms with Crippen LogP contribution in [0.4, 0.5) is 4.39 Å². The number of ether oxygens (including phenoxy) is 1. The number of hydrogen-bond acceptors (Lipinski definition) is 3. The summed E-state index contributed by atoms with van der Waals surface area (Å²) in [5.41, 5.74) is 1.08. The van der Waals surface area contributed by atoms with Crippen molar-refractivity contribution in [3.05, 3.63) is 59.9 Å². The Hall–Kier alpha value is -2.01. The quantitative estimate of drug-likeness (QED) is 0.749. The highest BCUT2D eigenvalue weighted by molar-refractivity contribution is 7.99. The number of methoxy groups -OCH3 is 1. The molecule has 0 saturated heterocycles. The number of carbonyl (C=O) groups excluding carboxylic acids is 1. The standard InChI is InChI=1S/C18H20FNO2S/c1-22-17-5-3-2-4-14(17)10-12-20-18(21)11-13-23-16-8-6-15(19)7-9-16/h2-9H,10-13H2,1H3,(H,20,21). The van der Waals surface area contributed by atoms with Crippen LogP contribution in [0.1, 0.15) is 12.0 Å². The molecule has 3 nitrogen and oxygen atoms in total. The fraction of sp³-hybridized carbons (Fsp3) is 0.278. The first kappa shape index (κ1) is 17.3. The Morgan fingerprint density at radius 3 is 2.65 bits per heavy atom. The summed E-state index contributed by atoms with van der Waals surface area (Å²) in [6.45, 7) is 0.584. The molecule has 1 N–H and O–H groups in total. The number of carbonyl (C=O) groups is 1. The van der Waals surface area contributed by atoms with E-state index in [-0.39, 0.29) is 11.7 Å². The Morgan fingerprint density at radius 1 is 1.17 bits per heavy atom. The van der Waals surface area contributed by atoms with Gasteiger partial charge < -0.3 is 10.1 Å². The van der Waals surface area contributed by atoms with Gasteiger partial charge in [-0.15, -0.1) is 11.8 Å². The molecule has 0 spiro atoms. The predicted octanol–water partition coefficient (Wildman–Crippen LogP) is 3.68. The Kier molecular flexibility index (Phi) is 6.94. The highest BCUT2D eigenvalue weighted by Crippen LogP contribution is 2.19. The van der Waals surface area contributed by atoms with Crippen molar-refractivity contribution in [3.8, 4) is 5.75 Å². The summed E-state index contributed by atoms with van der Waals surface area (Å²) in [5, 5.41) is 2.91. The molecule has 0 heterocycles. The van der Waals surface area contributed by atoms with Gasteiger partial charge in [-0.25, -0.2) is 4.39 Å². The summed E-state index contributed by atoms with van der Waals surface area (Å²) < 4.78 is 18.1. The van der Waals surface area contributed by atoms with Gasteiger partial charge in [-0.3, -0.25) is 4.79 Å². The summed E-state index contributed by atoms with van der Waals surface area (Å²) >= 11 is 1.55. The van der Waals surface area contributed by atoms with Crippen molar-refractivity contribution < 1.29 is 13.9 Å². The summed E-state index contributed by atoms with van der Waals surface area (Å²) in [4.78, 5) is 12.8. The molecule has 0 atom stereocenters. The maximum absolute atomic E-state index is 12.8. The monoisotopic (exact) mass is 333 g/mol. The van der Waals surface area contributed by atoms with Crippen LogP contribution < -0.4 is 10.1 Å². The van der Waals surface area contributed by atoms with E-state index in [2.05, 4.69) is 5.32 Å². The number of hydrogen-bond donors (Lipinski definition) is 1. The van der Waals surface area contributed by atoms with Gasteiger partial charge >= 0.3 is 0 Å². The maximum atomic E-state index is 12.8. The van der Waals surface area contributed by atoms with Gasteiger partial charge in [0, 0.05) is 23.6 Å². The zero-order chi connectivity index (χ0) is 16.5. The molecule has 0 aliphatic rings. The molecule has 122 valence electrons. The van der Waals surface area contributed by atoms with E-state index in [9.17, 15) is 9.18 Å². The smallest absolute Gasteiger partial charge is 0.220 e. The lowest BCUT2D eigenvalue weighted by Gasteiger charge is -2.09. The number of thioether (sulfide) groups is 1. The van der Waals surface area contributed by atoms with Crippen molar-refractivity contribution in [1.82, 2.24) is 5.32 Å². The lowest BCUT2D eigenvalue weighted by Crippen LogP contribution is -2.26. The second-order valence-corrected chi connectivity index (χ2v) is 6.13. The van der Waals surface area contributed by atoms with Crippen LogP contribution in [0.5, 0.6) is 5.75 Å². The highest BCUT2D eigenvalue weighted by atomic mass is 32.2. The molecule has 0 aromatic heterocycles. The molecule has 1 amide bonds. The topological polar surface area (TPSA) is 38.3 Å². The zero-order valence-corrected chi connectivity index (χ0v) is 13.9. The second-order valence-electron chi connectivity index (χ2n) is 4.96. The Labute approximate surface area is 140 Å². The summed E-state index contributed by atoms with van der Waals surface area (Å²) in [7, 11) is 1.64. The third-order valence-corrected chi connectivity index (χ3v) is 4.33. The number of rotatable bonds is 8. The molecule has 2 aromatic rings. The third-order valence-electron chi connectivity index (χ3n) is 3.32. The highest BCUT2D eigenvalue weighted by Gasteiger charge is 2.04. The molecule has 5 heteroatoms. The maximum Gasteiger partial charge on any atom is 0.220 e. The van der Waals surface area contributed by atoms with E-state index in [0.717, 1.165) is 22.6 Å². The van der Waals surface area contributed by atoms with Crippen molar-refractivity contribution >= 4 is 17.7 Å². The van der Waals surface area contributed by atoms with E-state index < -0.39 is 0 Å². The Bertz CT molecular complexity index is 631. The minimum Gasteiger partial charge on any atom is -0.496 e. The molecule has 0 bridgehead atoms. The van der Waals surface area contributed by atoms with Crippen molar-refractivity contribution in [2.45, 2.75) is 17.7 Å². The fourth-order valence-corrected chi connectivity index (χ4v) is 2.98. The lowest BCUT2D eigenvalue weighted by atomic mass is 10.1. The van der Waals surface area contributed by atoms with E-state index in [1.807, 2.05) is 24.3 Å². The minimum atomic E-state index is -0.247. The van der Waals surface area contributed by atoms with Crippen LogP contribution in [0.25, 0.3) is 0 Å². The summed E-state index contributed by atoms with van der Waals surface area (Å²) in [6.07, 6.45) is 1.18. The van der Waals surface area contributed by atoms with Gasteiger partial charge in [0.15, 0.2) is 0 Å². The van der Waals surface area contributed by atoms with Gasteiger partial charge in [-0.05, 0) is 42.3 Å². The largest absolute Gasteiger partial charge is 0.496 e. The van der Waals surface area contributed by atoms with Gasteiger partial charge in [0.2, 0.25) is 5.91 Å². The number of para-hydroxylation sites is 1. The molecule has 0 unspecified atom stereocenters. The van der Waals surface area contributed by atoms with Crippen molar-refractivity contribution in [2.24, 2.45) is 0 Å². The summed E-state index contributed by atoms with van der Waals surface area (Å²) in [6, 6.07) is 14.1. The average molecular weight is 333 g/mol. The van der Waals surface area contributed by atoms with Gasteiger partial charge in [-0.2, -0.15) is 0 Å². The molecule has 0 radical (unpaired) electrons. The van der Waals surface area contributed by atoms with Gasteiger partial charge in [0.05, 0.1) is 7.11 Å². The van der Waals surface area contributed by atoms with E-state index in [4.69, 9.17) is 4.74 Å². The van der Waals surface area contributed by atoms with Gasteiger partial charge in [-0.1, -0.05) is 18.2 Å². The molecular formula is C18H20FNO2S. The number of benzene rings is 2. The Balaban J connectivity index is 1.66. The average Bonchev–Trinajstić information content (AvgIpc) is 2.57. The van der Waals surface area contributed by atoms with Crippen molar-refractivity contribution in [3.63, 3.8) is 0 Å². The first-order chi connectivity index (χ1) is 11.2. The van der Waals surface area contributed by atoms with E-state index in [1.165, 1.54) is 12.1 Å². The molecule has 2 rings (SSSR count).